The minimum atomic E-state index is -0.758. The van der Waals surface area contributed by atoms with E-state index in [1.54, 1.807) is 0 Å². The lowest BCUT2D eigenvalue weighted by Gasteiger charge is -2.31. The Morgan fingerprint density at radius 1 is 1.17 bits per heavy atom. The second-order valence-corrected chi connectivity index (χ2v) is 7.60. The van der Waals surface area contributed by atoms with Gasteiger partial charge in [-0.1, -0.05) is 25.7 Å². The lowest BCUT2D eigenvalue weighted by Crippen LogP contribution is -2.50. The minimum Gasteiger partial charge on any atom is -0.456 e. The first-order chi connectivity index (χ1) is 11.1. The van der Waals surface area contributed by atoms with Gasteiger partial charge in [0.05, 0.1) is 6.07 Å². The Hall–Kier alpha value is -1.57. The molecule has 0 saturated heterocycles. The molecule has 3 aliphatic rings. The van der Waals surface area contributed by atoms with Gasteiger partial charge in [0.15, 0.2) is 6.61 Å². The molecule has 0 aromatic heterocycles. The van der Waals surface area contributed by atoms with E-state index in [4.69, 9.17) is 4.74 Å². The molecule has 3 rings (SSSR count). The zero-order valence-electron chi connectivity index (χ0n) is 13.7. The van der Waals surface area contributed by atoms with Crippen LogP contribution >= 0.6 is 0 Å². The third-order valence-corrected chi connectivity index (χ3v) is 5.98. The smallest absolute Gasteiger partial charge is 0.306 e. The van der Waals surface area contributed by atoms with E-state index in [9.17, 15) is 14.9 Å². The van der Waals surface area contributed by atoms with E-state index in [-0.39, 0.29) is 18.5 Å². The molecular formula is C18H26N2O3. The lowest BCUT2D eigenvalue weighted by atomic mass is 9.83. The second kappa shape index (κ2) is 6.90. The molecule has 0 radical (unpaired) electrons. The van der Waals surface area contributed by atoms with Crippen molar-refractivity contribution in [3.05, 3.63) is 0 Å². The number of amides is 1. The predicted molar refractivity (Wildman–Crippen MR) is 84.1 cm³/mol. The molecule has 0 aromatic rings. The number of carbonyl (C=O) groups excluding carboxylic acids is 2. The Labute approximate surface area is 137 Å². The Kier molecular flexibility index (Phi) is 4.89. The maximum absolute atomic E-state index is 12.0. The molecule has 23 heavy (non-hydrogen) atoms. The number of hydrogen-bond acceptors (Lipinski definition) is 4. The summed E-state index contributed by atoms with van der Waals surface area (Å²) in [5.41, 5.74) is -0.758. The molecule has 3 atom stereocenters. The van der Waals surface area contributed by atoms with E-state index in [1.165, 1.54) is 19.3 Å². The van der Waals surface area contributed by atoms with Crippen molar-refractivity contribution >= 4 is 11.9 Å². The van der Waals surface area contributed by atoms with Crippen LogP contribution in [0.2, 0.25) is 0 Å². The maximum Gasteiger partial charge on any atom is 0.306 e. The van der Waals surface area contributed by atoms with Crippen LogP contribution in [-0.4, -0.2) is 24.0 Å². The summed E-state index contributed by atoms with van der Waals surface area (Å²) in [5.74, 6) is 1.32. The first-order valence-corrected chi connectivity index (χ1v) is 8.98. The van der Waals surface area contributed by atoms with Crippen molar-refractivity contribution in [3.8, 4) is 6.07 Å². The number of fused-ring (bicyclic) bond motifs is 2. The third-order valence-electron chi connectivity index (χ3n) is 5.98. The fourth-order valence-corrected chi connectivity index (χ4v) is 4.77. The van der Waals surface area contributed by atoms with E-state index in [0.717, 1.165) is 31.6 Å². The summed E-state index contributed by atoms with van der Waals surface area (Å²) >= 11 is 0. The number of nitrogens with one attached hydrogen (secondary N) is 1. The Bertz CT molecular complexity index is 505. The van der Waals surface area contributed by atoms with Gasteiger partial charge in [-0.2, -0.15) is 5.26 Å². The maximum atomic E-state index is 12.0. The first-order valence-electron chi connectivity index (χ1n) is 8.98. The average Bonchev–Trinajstić information content (AvgIpc) is 3.16. The molecule has 0 aromatic carbocycles. The molecule has 3 fully saturated rings. The molecule has 0 heterocycles. The number of hydrogen-bond donors (Lipinski definition) is 1. The highest BCUT2D eigenvalue weighted by Gasteiger charge is 2.40. The lowest BCUT2D eigenvalue weighted by molar-refractivity contribution is -0.150. The molecular weight excluding hydrogens is 292 g/mol. The third kappa shape index (κ3) is 3.85. The van der Waals surface area contributed by atoms with Gasteiger partial charge in [-0.3, -0.25) is 9.59 Å². The summed E-state index contributed by atoms with van der Waals surface area (Å²) in [6.07, 6.45) is 9.81. The van der Waals surface area contributed by atoms with Crippen LogP contribution in [0.25, 0.3) is 0 Å². The van der Waals surface area contributed by atoms with Crippen LogP contribution in [-0.2, 0) is 14.3 Å². The van der Waals surface area contributed by atoms with Gasteiger partial charge in [0.25, 0.3) is 5.91 Å². The summed E-state index contributed by atoms with van der Waals surface area (Å²) in [7, 11) is 0. The van der Waals surface area contributed by atoms with Gasteiger partial charge in [-0.25, -0.2) is 0 Å². The van der Waals surface area contributed by atoms with E-state index < -0.39 is 5.54 Å². The molecule has 3 saturated carbocycles. The van der Waals surface area contributed by atoms with Crippen LogP contribution in [0, 0.1) is 29.1 Å². The SMILES string of the molecule is N#CC1(NC(=O)COC(=O)CC2CC3CCC2C3)CCCCC1. The molecule has 3 unspecified atom stereocenters. The molecule has 0 aliphatic heterocycles. The van der Waals surface area contributed by atoms with Crippen LogP contribution in [0.5, 0.6) is 0 Å². The van der Waals surface area contributed by atoms with Gasteiger partial charge < -0.3 is 10.1 Å². The Balaban J connectivity index is 1.40. The fourth-order valence-electron chi connectivity index (χ4n) is 4.77. The van der Waals surface area contributed by atoms with Crippen LogP contribution in [0.15, 0.2) is 0 Å². The van der Waals surface area contributed by atoms with E-state index in [1.807, 2.05) is 0 Å². The predicted octanol–water partition coefficient (Wildman–Crippen LogP) is 2.70. The van der Waals surface area contributed by atoms with Crippen molar-refractivity contribution in [2.75, 3.05) is 6.61 Å². The van der Waals surface area contributed by atoms with Crippen molar-refractivity contribution in [3.63, 3.8) is 0 Å². The summed E-state index contributed by atoms with van der Waals surface area (Å²) in [6, 6.07) is 2.24. The van der Waals surface area contributed by atoms with Gasteiger partial charge in [0.1, 0.15) is 5.54 Å². The molecule has 0 spiro atoms. The van der Waals surface area contributed by atoms with Gasteiger partial charge in [-0.05, 0) is 49.9 Å². The largest absolute Gasteiger partial charge is 0.456 e. The van der Waals surface area contributed by atoms with Crippen LogP contribution in [0.1, 0.15) is 64.2 Å². The molecule has 1 N–H and O–H groups in total. The van der Waals surface area contributed by atoms with E-state index in [2.05, 4.69) is 11.4 Å². The second-order valence-electron chi connectivity index (χ2n) is 7.60. The first kappa shape index (κ1) is 16.3. The standard InChI is InChI=1S/C18H26N2O3/c19-12-18(6-2-1-3-7-18)20-16(21)11-23-17(22)10-15-9-13-4-5-14(15)8-13/h13-15H,1-11H2,(H,20,21). The van der Waals surface area contributed by atoms with Gasteiger partial charge in [-0.15, -0.1) is 0 Å². The quantitative estimate of drug-likeness (QED) is 0.790. The number of carbonyl (C=O) groups is 2. The summed E-state index contributed by atoms with van der Waals surface area (Å²) in [4.78, 5) is 24.0. The summed E-state index contributed by atoms with van der Waals surface area (Å²) in [6.45, 7) is -0.261. The van der Waals surface area contributed by atoms with Crippen LogP contribution in [0.3, 0.4) is 0 Å². The molecule has 126 valence electrons. The van der Waals surface area contributed by atoms with Gasteiger partial charge in [0.2, 0.25) is 0 Å². The number of esters is 1. The molecule has 5 heteroatoms. The molecule has 5 nitrogen and oxygen atoms in total. The minimum absolute atomic E-state index is 0.261. The van der Waals surface area contributed by atoms with Crippen molar-refractivity contribution in [1.82, 2.24) is 5.32 Å². The van der Waals surface area contributed by atoms with Crippen molar-refractivity contribution in [1.29, 1.82) is 5.26 Å². The average molecular weight is 318 g/mol. The van der Waals surface area contributed by atoms with Gasteiger partial charge in [0, 0.05) is 6.42 Å². The number of nitrogens with zero attached hydrogens (tertiary/aromatic N) is 1. The highest BCUT2D eigenvalue weighted by atomic mass is 16.5. The highest BCUT2D eigenvalue weighted by molar-refractivity contribution is 5.81. The van der Waals surface area contributed by atoms with Gasteiger partial charge >= 0.3 is 5.97 Å². The fraction of sp³-hybridized carbons (Fsp3) is 0.833. The molecule has 3 aliphatic carbocycles. The van der Waals surface area contributed by atoms with Crippen LogP contribution in [0.4, 0.5) is 0 Å². The molecule has 1 amide bonds. The van der Waals surface area contributed by atoms with Crippen molar-refractivity contribution in [2.24, 2.45) is 17.8 Å². The zero-order chi connectivity index (χ0) is 16.3. The number of nitriles is 1. The van der Waals surface area contributed by atoms with Crippen molar-refractivity contribution in [2.45, 2.75) is 69.7 Å². The topological polar surface area (TPSA) is 79.2 Å². The van der Waals surface area contributed by atoms with Crippen LogP contribution < -0.4 is 5.32 Å². The Morgan fingerprint density at radius 2 is 1.96 bits per heavy atom. The summed E-state index contributed by atoms with van der Waals surface area (Å²) < 4.78 is 5.14. The number of rotatable bonds is 5. The van der Waals surface area contributed by atoms with E-state index >= 15 is 0 Å². The normalized spacial score (nSPS) is 31.3. The van der Waals surface area contributed by atoms with E-state index in [0.29, 0.717) is 31.1 Å². The zero-order valence-corrected chi connectivity index (χ0v) is 13.7. The molecule has 2 bridgehead atoms. The Morgan fingerprint density at radius 3 is 2.57 bits per heavy atom. The number of ether oxygens (including phenoxy) is 1. The monoisotopic (exact) mass is 318 g/mol. The highest BCUT2D eigenvalue weighted by Crippen LogP contribution is 2.49. The van der Waals surface area contributed by atoms with Crippen molar-refractivity contribution < 1.29 is 14.3 Å². The summed E-state index contributed by atoms with van der Waals surface area (Å²) in [5, 5.41) is 12.1.